The molecule has 1 N–H and O–H groups in total. The van der Waals surface area contributed by atoms with Crippen molar-refractivity contribution in [1.29, 1.82) is 0 Å². The Morgan fingerprint density at radius 2 is 2.10 bits per heavy atom. The van der Waals surface area contributed by atoms with Gasteiger partial charge in [0.25, 0.3) is 10.0 Å². The van der Waals surface area contributed by atoms with Crippen molar-refractivity contribution in [3.63, 3.8) is 0 Å². The van der Waals surface area contributed by atoms with Crippen LogP contribution in [0.4, 0.5) is 5.13 Å². The van der Waals surface area contributed by atoms with Crippen LogP contribution in [0, 0.1) is 0 Å². The highest BCUT2D eigenvalue weighted by Gasteiger charge is 2.29. The number of hydrogen-bond acceptors (Lipinski definition) is 8. The molecule has 108 valence electrons. The summed E-state index contributed by atoms with van der Waals surface area (Å²) in [6, 6.07) is 4.65. The highest BCUT2D eigenvalue weighted by atomic mass is 32.2. The van der Waals surface area contributed by atoms with Crippen LogP contribution < -0.4 is 4.72 Å². The maximum atomic E-state index is 12.4. The van der Waals surface area contributed by atoms with E-state index in [9.17, 15) is 8.42 Å². The lowest BCUT2D eigenvalue weighted by molar-refractivity contribution is 0.315. The normalized spacial score (nSPS) is 15.4. The van der Waals surface area contributed by atoms with Gasteiger partial charge in [0.05, 0.1) is 0 Å². The van der Waals surface area contributed by atoms with Crippen LogP contribution >= 0.6 is 11.3 Å². The van der Waals surface area contributed by atoms with Crippen LogP contribution in [-0.2, 0) is 10.0 Å². The van der Waals surface area contributed by atoms with Crippen molar-refractivity contribution in [1.82, 2.24) is 20.5 Å². The first-order chi connectivity index (χ1) is 10.1. The van der Waals surface area contributed by atoms with E-state index in [4.69, 9.17) is 0 Å². The summed E-state index contributed by atoms with van der Waals surface area (Å²) in [7, 11) is -3.81. The van der Waals surface area contributed by atoms with E-state index in [0.29, 0.717) is 11.4 Å². The number of anilines is 1. The molecule has 8 nitrogen and oxygen atoms in total. The standard InChI is InChI=1S/C11H9N5O3S2/c17-21(18,8-3-1-2-7-9(8)15-19-14-7)16-11-13-12-10(20-11)6-4-5-6/h1-3,6H,4-5H2,(H,13,16). The highest BCUT2D eigenvalue weighted by Crippen LogP contribution is 2.42. The van der Waals surface area contributed by atoms with Gasteiger partial charge in [0.1, 0.15) is 15.4 Å². The molecule has 0 unspecified atom stereocenters. The highest BCUT2D eigenvalue weighted by molar-refractivity contribution is 7.93. The second-order valence-corrected chi connectivity index (χ2v) is 7.37. The number of hydrogen-bond donors (Lipinski definition) is 1. The van der Waals surface area contributed by atoms with E-state index in [1.54, 1.807) is 12.1 Å². The molecule has 1 aliphatic carbocycles. The molecule has 21 heavy (non-hydrogen) atoms. The first-order valence-corrected chi connectivity index (χ1v) is 8.51. The molecule has 2 aromatic heterocycles. The van der Waals surface area contributed by atoms with Crippen LogP contribution in [0.5, 0.6) is 0 Å². The van der Waals surface area contributed by atoms with Gasteiger partial charge in [-0.05, 0) is 35.3 Å². The summed E-state index contributed by atoms with van der Waals surface area (Å²) in [6.45, 7) is 0. The lowest BCUT2D eigenvalue weighted by Crippen LogP contribution is -2.13. The van der Waals surface area contributed by atoms with Gasteiger partial charge in [0.2, 0.25) is 5.13 Å². The monoisotopic (exact) mass is 323 g/mol. The summed E-state index contributed by atoms with van der Waals surface area (Å²) in [6.07, 6.45) is 2.18. The fourth-order valence-corrected chi connectivity index (χ4v) is 4.23. The summed E-state index contributed by atoms with van der Waals surface area (Å²) in [4.78, 5) is 0.00409. The number of benzene rings is 1. The van der Waals surface area contributed by atoms with Crippen molar-refractivity contribution in [2.24, 2.45) is 0 Å². The number of rotatable bonds is 4. The Bertz CT molecular complexity index is 913. The molecule has 1 fully saturated rings. The average Bonchev–Trinajstić information content (AvgIpc) is 3.01. The molecule has 0 amide bonds. The Labute approximate surface area is 123 Å². The van der Waals surface area contributed by atoms with Crippen molar-refractivity contribution in [3.8, 4) is 0 Å². The third-order valence-electron chi connectivity index (χ3n) is 3.13. The largest absolute Gasteiger partial charge is 0.266 e. The topological polar surface area (TPSA) is 111 Å². The van der Waals surface area contributed by atoms with Crippen LogP contribution in [0.25, 0.3) is 11.0 Å². The lowest BCUT2D eigenvalue weighted by atomic mass is 10.3. The molecule has 0 radical (unpaired) electrons. The van der Waals surface area contributed by atoms with Gasteiger partial charge >= 0.3 is 0 Å². The van der Waals surface area contributed by atoms with Gasteiger partial charge in [-0.2, -0.15) is 0 Å². The summed E-state index contributed by atoms with van der Waals surface area (Å²) in [5.74, 6) is 0.434. The van der Waals surface area contributed by atoms with Crippen molar-refractivity contribution >= 4 is 37.5 Å². The Kier molecular flexibility index (Phi) is 2.69. The molecule has 3 aromatic rings. The molecule has 1 aliphatic rings. The molecular weight excluding hydrogens is 314 g/mol. The van der Waals surface area contributed by atoms with Gasteiger partial charge in [0.15, 0.2) is 5.52 Å². The fraction of sp³-hybridized carbons (Fsp3) is 0.273. The van der Waals surface area contributed by atoms with E-state index in [1.807, 2.05) is 0 Å². The quantitative estimate of drug-likeness (QED) is 0.778. The smallest absolute Gasteiger partial charge is 0.253 e. The number of nitrogens with zero attached hydrogens (tertiary/aromatic N) is 4. The lowest BCUT2D eigenvalue weighted by Gasteiger charge is -2.03. The summed E-state index contributed by atoms with van der Waals surface area (Å²) in [5.41, 5.74) is 0.575. The molecule has 0 atom stereocenters. The molecular formula is C11H9N5O3S2. The summed E-state index contributed by atoms with van der Waals surface area (Å²) < 4.78 is 31.9. The molecule has 10 heteroatoms. The Morgan fingerprint density at radius 1 is 1.24 bits per heavy atom. The number of sulfonamides is 1. The SMILES string of the molecule is O=S(=O)(Nc1nnc(C2CC2)s1)c1cccc2nonc12. The van der Waals surface area contributed by atoms with Gasteiger partial charge < -0.3 is 0 Å². The molecule has 0 aliphatic heterocycles. The Morgan fingerprint density at radius 3 is 2.90 bits per heavy atom. The maximum Gasteiger partial charge on any atom is 0.266 e. The minimum absolute atomic E-state index is 0.00409. The van der Waals surface area contributed by atoms with Gasteiger partial charge in [-0.15, -0.1) is 10.2 Å². The minimum Gasteiger partial charge on any atom is -0.253 e. The molecule has 0 spiro atoms. The number of nitrogens with one attached hydrogen (secondary N) is 1. The van der Waals surface area contributed by atoms with Crippen LogP contribution in [0.1, 0.15) is 23.8 Å². The second-order valence-electron chi connectivity index (χ2n) is 4.71. The predicted molar refractivity (Wildman–Crippen MR) is 74.5 cm³/mol. The third-order valence-corrected chi connectivity index (χ3v) is 5.63. The van der Waals surface area contributed by atoms with Crippen LogP contribution in [-0.4, -0.2) is 28.9 Å². The van der Waals surface area contributed by atoms with Crippen LogP contribution in [0.2, 0.25) is 0 Å². The molecule has 4 rings (SSSR count). The van der Waals surface area contributed by atoms with Gasteiger partial charge in [-0.1, -0.05) is 17.4 Å². The molecule has 0 saturated heterocycles. The van der Waals surface area contributed by atoms with E-state index in [2.05, 4.69) is 29.9 Å². The number of fused-ring (bicyclic) bond motifs is 1. The predicted octanol–water partition coefficient (Wildman–Crippen LogP) is 1.75. The molecule has 1 saturated carbocycles. The minimum atomic E-state index is -3.81. The van der Waals surface area contributed by atoms with Gasteiger partial charge in [0, 0.05) is 5.92 Å². The van der Waals surface area contributed by atoms with E-state index in [-0.39, 0.29) is 15.5 Å². The van der Waals surface area contributed by atoms with Gasteiger partial charge in [-0.25, -0.2) is 13.0 Å². The fourth-order valence-electron chi connectivity index (χ4n) is 1.94. The zero-order chi connectivity index (χ0) is 14.4. The van der Waals surface area contributed by atoms with Gasteiger partial charge in [-0.3, -0.25) is 4.72 Å². The van der Waals surface area contributed by atoms with E-state index in [1.165, 1.54) is 17.4 Å². The summed E-state index contributed by atoms with van der Waals surface area (Å²) >= 11 is 1.26. The first kappa shape index (κ1) is 12.7. The number of aromatic nitrogens is 4. The van der Waals surface area contributed by atoms with Crippen LogP contribution in [0.15, 0.2) is 27.7 Å². The van der Waals surface area contributed by atoms with E-state index < -0.39 is 10.0 Å². The molecule has 0 bridgehead atoms. The zero-order valence-corrected chi connectivity index (χ0v) is 12.2. The van der Waals surface area contributed by atoms with E-state index >= 15 is 0 Å². The second kappa shape index (κ2) is 4.46. The third kappa shape index (κ3) is 2.25. The first-order valence-electron chi connectivity index (χ1n) is 6.21. The molecule has 2 heterocycles. The maximum absolute atomic E-state index is 12.4. The zero-order valence-electron chi connectivity index (χ0n) is 10.6. The van der Waals surface area contributed by atoms with Crippen LogP contribution in [0.3, 0.4) is 0 Å². The Hall–Kier alpha value is -2.07. The van der Waals surface area contributed by atoms with E-state index in [0.717, 1.165) is 17.8 Å². The molecule has 1 aromatic carbocycles. The van der Waals surface area contributed by atoms with Crippen molar-refractivity contribution in [2.45, 2.75) is 23.7 Å². The average molecular weight is 323 g/mol. The van der Waals surface area contributed by atoms with Crippen molar-refractivity contribution in [2.75, 3.05) is 4.72 Å². The summed E-state index contributed by atoms with van der Waals surface area (Å²) in [5, 5.41) is 16.3. The van der Waals surface area contributed by atoms with Crippen molar-refractivity contribution < 1.29 is 13.0 Å². The Balaban J connectivity index is 1.70. The van der Waals surface area contributed by atoms with Crippen molar-refractivity contribution in [3.05, 3.63) is 23.2 Å².